The van der Waals surface area contributed by atoms with E-state index in [0.717, 1.165) is 50.1 Å². The molecule has 0 saturated carbocycles. The van der Waals surface area contributed by atoms with Crippen LogP contribution in [-0.4, -0.2) is 106 Å². The van der Waals surface area contributed by atoms with Gasteiger partial charge in [0.1, 0.15) is 35.4 Å². The molecular formula is C53H65N7O9S. The van der Waals surface area contributed by atoms with E-state index in [1.54, 1.807) is 39.0 Å². The van der Waals surface area contributed by atoms with Gasteiger partial charge in [-0.25, -0.2) is 20.0 Å². The Morgan fingerprint density at radius 3 is 2.59 bits per heavy atom. The number of nitrogens with one attached hydrogen (secondary N) is 2. The molecule has 0 unspecified atom stereocenters. The molecule has 8 rings (SSSR count). The number of carbonyl (C=O) groups is 4. The minimum atomic E-state index is -1.35. The van der Waals surface area contributed by atoms with Crippen LogP contribution in [0.1, 0.15) is 102 Å². The molecule has 3 aromatic heterocycles. The molecular weight excluding hydrogens is 911 g/mol. The maximum Gasteiger partial charge on any atom is 0.410 e. The summed E-state index contributed by atoms with van der Waals surface area (Å²) in [6.07, 6.45) is 3.08. The zero-order valence-electron chi connectivity index (χ0n) is 41.4. The molecule has 3 amide bonds. The molecule has 17 heteroatoms. The third-order valence-electron chi connectivity index (χ3n) is 12.8. The second-order valence-corrected chi connectivity index (χ2v) is 20.8. The van der Waals surface area contributed by atoms with Crippen LogP contribution < -0.4 is 10.7 Å². The Morgan fingerprint density at radius 1 is 1.06 bits per heavy atom. The van der Waals surface area contributed by atoms with Gasteiger partial charge in [0.05, 0.1) is 36.4 Å². The number of aromatic nitrogens is 3. The van der Waals surface area contributed by atoms with Crippen molar-refractivity contribution in [3.8, 4) is 22.5 Å². The molecule has 0 radical (unpaired) electrons. The summed E-state index contributed by atoms with van der Waals surface area (Å²) in [6.45, 7) is 15.5. The van der Waals surface area contributed by atoms with E-state index in [2.05, 4.69) is 54.3 Å². The summed E-state index contributed by atoms with van der Waals surface area (Å²) in [5, 5.41) is 7.63. The molecule has 4 atom stereocenters. The van der Waals surface area contributed by atoms with E-state index >= 15 is 0 Å². The Hall–Kier alpha value is -6.14. The maximum absolute atomic E-state index is 15.0. The summed E-state index contributed by atoms with van der Waals surface area (Å²) in [7, 11) is 1.68. The van der Waals surface area contributed by atoms with Gasteiger partial charge >= 0.3 is 18.2 Å². The largest absolute Gasteiger partial charge is 0.464 e. The highest BCUT2D eigenvalue weighted by molar-refractivity contribution is 7.10. The number of ether oxygens (including phenoxy) is 5. The zero-order valence-corrected chi connectivity index (χ0v) is 42.2. The van der Waals surface area contributed by atoms with Crippen LogP contribution in [0.2, 0.25) is 0 Å². The van der Waals surface area contributed by atoms with Crippen molar-refractivity contribution in [2.24, 2.45) is 5.41 Å². The maximum atomic E-state index is 15.0. The van der Waals surface area contributed by atoms with E-state index in [-0.39, 0.29) is 32.5 Å². The molecule has 0 aliphatic carbocycles. The summed E-state index contributed by atoms with van der Waals surface area (Å²) in [6, 6.07) is 17.7. The average Bonchev–Trinajstić information content (AvgIpc) is 3.96. The van der Waals surface area contributed by atoms with Crippen LogP contribution in [0, 0.1) is 5.41 Å². The fourth-order valence-electron chi connectivity index (χ4n) is 9.21. The number of hydrogen-bond donors (Lipinski definition) is 2. The molecule has 2 aromatic carbocycles. The Bertz CT molecular complexity index is 2730. The first kappa shape index (κ1) is 50.3. The molecule has 0 spiro atoms. The molecule has 3 aliphatic heterocycles. The predicted molar refractivity (Wildman–Crippen MR) is 266 cm³/mol. The Morgan fingerprint density at radius 2 is 1.86 bits per heavy atom. The SMILES string of the molecule is CCn1c(-c2cccnc2[C@H](C)OC)c2c3cc(ccc31)-c1csc(n1)[C@@H](OCC1=CCN(C(=O)OCc3ccccc3)CC1)[C@H](NC(=O)OC(C)(C)C)C(=O)N1CCC[C@H](N1)C(=O)OCC(C)(C)C2. The lowest BCUT2D eigenvalue weighted by molar-refractivity contribution is -0.156. The van der Waals surface area contributed by atoms with Crippen LogP contribution in [0.15, 0.2) is 83.9 Å². The number of aryl methyl sites for hydroxylation is 1. The van der Waals surface area contributed by atoms with Crippen LogP contribution in [0.25, 0.3) is 33.4 Å². The number of rotatable bonds is 10. The molecule has 1 fully saturated rings. The highest BCUT2D eigenvalue weighted by Gasteiger charge is 2.41. The summed E-state index contributed by atoms with van der Waals surface area (Å²) >= 11 is 1.32. The molecule has 6 bridgehead atoms. The molecule has 16 nitrogen and oxygen atoms in total. The van der Waals surface area contributed by atoms with Gasteiger partial charge in [-0.1, -0.05) is 56.3 Å². The second-order valence-electron chi connectivity index (χ2n) is 19.9. The summed E-state index contributed by atoms with van der Waals surface area (Å²) in [4.78, 5) is 67.4. The van der Waals surface area contributed by atoms with Crippen molar-refractivity contribution in [2.45, 2.75) is 117 Å². The topological polar surface area (TPSA) is 176 Å². The van der Waals surface area contributed by atoms with Crippen molar-refractivity contribution < 1.29 is 42.9 Å². The first-order valence-electron chi connectivity index (χ1n) is 24.1. The van der Waals surface area contributed by atoms with Crippen molar-refractivity contribution >= 4 is 46.3 Å². The number of benzene rings is 2. The molecule has 1 saturated heterocycles. The molecule has 372 valence electrons. The van der Waals surface area contributed by atoms with Gasteiger partial charge in [-0.3, -0.25) is 19.6 Å². The number of esters is 1. The number of thiazole rings is 1. The smallest absolute Gasteiger partial charge is 0.410 e. The molecule has 6 heterocycles. The number of amides is 3. The third kappa shape index (κ3) is 11.5. The van der Waals surface area contributed by atoms with Crippen molar-refractivity contribution in [1.82, 2.24) is 35.2 Å². The normalized spacial score (nSPS) is 20.3. The van der Waals surface area contributed by atoms with Gasteiger partial charge in [0.2, 0.25) is 0 Å². The number of pyridine rings is 1. The first-order chi connectivity index (χ1) is 33.5. The number of cyclic esters (lactones) is 1. The fraction of sp³-hybridized carbons (Fsp3) is 0.472. The van der Waals surface area contributed by atoms with Crippen LogP contribution in [0.3, 0.4) is 0 Å². The summed E-state index contributed by atoms with van der Waals surface area (Å²) in [5.74, 6) is -1.02. The van der Waals surface area contributed by atoms with Gasteiger partial charge in [-0.15, -0.1) is 11.3 Å². The van der Waals surface area contributed by atoms with Crippen molar-refractivity contribution in [1.29, 1.82) is 0 Å². The number of alkyl carbamates (subject to hydrolysis) is 1. The third-order valence-corrected chi connectivity index (χ3v) is 13.7. The van der Waals surface area contributed by atoms with E-state index in [0.29, 0.717) is 56.0 Å². The number of fused-ring (bicyclic) bond motifs is 6. The summed E-state index contributed by atoms with van der Waals surface area (Å²) in [5.41, 5.74) is 9.94. The van der Waals surface area contributed by atoms with E-state index in [9.17, 15) is 19.2 Å². The van der Waals surface area contributed by atoms with E-state index in [1.807, 2.05) is 60.8 Å². The number of methoxy groups -OCH3 is 1. The monoisotopic (exact) mass is 975 g/mol. The Balaban J connectivity index is 1.20. The minimum Gasteiger partial charge on any atom is -0.464 e. The molecule has 5 aromatic rings. The van der Waals surface area contributed by atoms with Crippen molar-refractivity contribution in [3.63, 3.8) is 0 Å². The summed E-state index contributed by atoms with van der Waals surface area (Å²) < 4.78 is 32.4. The fourth-order valence-corrected chi connectivity index (χ4v) is 10.1. The number of hydrazine groups is 1. The lowest BCUT2D eigenvalue weighted by Crippen LogP contribution is -2.61. The van der Waals surface area contributed by atoms with Crippen LogP contribution in [0.5, 0.6) is 0 Å². The van der Waals surface area contributed by atoms with Gasteiger partial charge in [-0.2, -0.15) is 0 Å². The number of hydrogen-bond acceptors (Lipinski definition) is 13. The highest BCUT2D eigenvalue weighted by atomic mass is 32.1. The Labute approximate surface area is 413 Å². The lowest BCUT2D eigenvalue weighted by atomic mass is 9.84. The first-order valence-corrected chi connectivity index (χ1v) is 25.0. The molecule has 70 heavy (non-hydrogen) atoms. The van der Waals surface area contributed by atoms with Gasteiger partial charge in [0, 0.05) is 72.3 Å². The van der Waals surface area contributed by atoms with Gasteiger partial charge in [-0.05, 0) is 101 Å². The highest BCUT2D eigenvalue weighted by Crippen LogP contribution is 2.42. The standard InChI is InChI=1S/C53H65N7O9S/c1-9-59-42-20-19-36-27-38(42)39(45(59)37-17-13-23-54-43(37)33(2)65-8)28-53(6,7)32-68-49(62)40-18-14-24-60(57-40)48(61)44(56-50(63)69-52(3,4)5)46(47-55-41(36)31-70-47)66-29-35-21-25-58(26-22-35)51(64)67-30-34-15-11-10-12-16-34/h10-13,15-17,19-21,23,27,31,33,40,44,46,57H,9,14,18,22,24-26,28-30,32H2,1-8H3,(H,56,63)/t33-,40-,44-,46-/m0/s1. The van der Waals surface area contributed by atoms with Gasteiger partial charge in [0.15, 0.2) is 0 Å². The van der Waals surface area contributed by atoms with Crippen LogP contribution in [-0.2, 0) is 52.8 Å². The van der Waals surface area contributed by atoms with E-state index < -0.39 is 53.3 Å². The van der Waals surface area contributed by atoms with Crippen LogP contribution in [0.4, 0.5) is 9.59 Å². The van der Waals surface area contributed by atoms with Crippen LogP contribution >= 0.6 is 11.3 Å². The van der Waals surface area contributed by atoms with E-state index in [4.69, 9.17) is 33.7 Å². The predicted octanol–water partition coefficient (Wildman–Crippen LogP) is 9.10. The average molecular weight is 976 g/mol. The van der Waals surface area contributed by atoms with Crippen molar-refractivity contribution in [2.75, 3.05) is 40.0 Å². The lowest BCUT2D eigenvalue weighted by Gasteiger charge is -2.37. The molecule has 3 aliphatic rings. The van der Waals surface area contributed by atoms with E-state index in [1.165, 1.54) is 16.3 Å². The Kier molecular flexibility index (Phi) is 15.4. The van der Waals surface area contributed by atoms with Gasteiger partial charge in [0.25, 0.3) is 5.91 Å². The minimum absolute atomic E-state index is 0.0745. The zero-order chi connectivity index (χ0) is 49.7. The quantitative estimate of drug-likeness (QED) is 0.0773. The molecule has 2 N–H and O–H groups in total. The van der Waals surface area contributed by atoms with Crippen molar-refractivity contribution in [3.05, 3.63) is 106 Å². The number of nitrogens with zero attached hydrogens (tertiary/aromatic N) is 5. The van der Waals surface area contributed by atoms with Gasteiger partial charge < -0.3 is 38.5 Å². The number of carbonyl (C=O) groups excluding carboxylic acids is 4. The second kappa shape index (κ2) is 21.5.